The number of aromatic nitrogens is 2. The molecule has 1 atom stereocenters. The van der Waals surface area contributed by atoms with E-state index < -0.39 is 6.04 Å². The molecule has 3 N–H and O–H groups in total. The standard InChI is InChI=1S/C21H26N4O.2ClH/c1-15(2)25-19-11-7-6-10-18(19)24-20(25)12-13-23-21(26)17(22)14-16-8-4-3-5-9-16;;/h3-11,15,17H,12-14,22H2,1-2H3,(H,23,26);2*1H. The van der Waals surface area contributed by atoms with E-state index in [-0.39, 0.29) is 30.7 Å². The molecular formula is C21H28Cl2N4O. The van der Waals surface area contributed by atoms with Crippen molar-refractivity contribution in [3.8, 4) is 0 Å². The number of benzene rings is 2. The van der Waals surface area contributed by atoms with E-state index in [9.17, 15) is 4.79 Å². The largest absolute Gasteiger partial charge is 0.354 e. The Balaban J connectivity index is 0.00000196. The van der Waals surface area contributed by atoms with Crippen LogP contribution in [-0.2, 0) is 17.6 Å². The molecule has 0 bridgehead atoms. The molecule has 0 aliphatic rings. The van der Waals surface area contributed by atoms with Crippen molar-refractivity contribution in [1.29, 1.82) is 0 Å². The molecule has 0 aliphatic heterocycles. The van der Waals surface area contributed by atoms with Gasteiger partial charge in [0.05, 0.1) is 17.1 Å². The molecule has 0 fully saturated rings. The Morgan fingerprint density at radius 2 is 1.71 bits per heavy atom. The van der Waals surface area contributed by atoms with Crippen LogP contribution in [0.15, 0.2) is 54.6 Å². The second-order valence-corrected chi connectivity index (χ2v) is 6.82. The van der Waals surface area contributed by atoms with Gasteiger partial charge in [-0.2, -0.15) is 0 Å². The number of amides is 1. The Hall–Kier alpha value is -2.08. The lowest BCUT2D eigenvalue weighted by atomic mass is 10.1. The Labute approximate surface area is 178 Å². The number of nitrogens with zero attached hydrogens (tertiary/aromatic N) is 2. The molecule has 7 heteroatoms. The Morgan fingerprint density at radius 3 is 2.39 bits per heavy atom. The van der Waals surface area contributed by atoms with Crippen molar-refractivity contribution in [1.82, 2.24) is 14.9 Å². The maximum atomic E-state index is 12.3. The fourth-order valence-electron chi connectivity index (χ4n) is 3.24. The van der Waals surface area contributed by atoms with E-state index in [1.807, 2.05) is 48.5 Å². The number of imidazole rings is 1. The van der Waals surface area contributed by atoms with Crippen LogP contribution in [0.4, 0.5) is 0 Å². The number of nitrogens with one attached hydrogen (secondary N) is 1. The van der Waals surface area contributed by atoms with Gasteiger partial charge in [0.15, 0.2) is 0 Å². The monoisotopic (exact) mass is 422 g/mol. The van der Waals surface area contributed by atoms with E-state index in [2.05, 4.69) is 29.8 Å². The summed E-state index contributed by atoms with van der Waals surface area (Å²) in [5, 5.41) is 2.94. The number of halogens is 2. The molecular weight excluding hydrogens is 395 g/mol. The van der Waals surface area contributed by atoms with Gasteiger partial charge in [0, 0.05) is 19.0 Å². The lowest BCUT2D eigenvalue weighted by Crippen LogP contribution is -2.42. The van der Waals surface area contributed by atoms with Gasteiger partial charge in [-0.3, -0.25) is 4.79 Å². The minimum atomic E-state index is -0.540. The molecule has 0 radical (unpaired) electrons. The molecule has 1 aromatic heterocycles. The van der Waals surface area contributed by atoms with Gasteiger partial charge in [-0.1, -0.05) is 42.5 Å². The second-order valence-electron chi connectivity index (χ2n) is 6.82. The molecule has 2 aromatic carbocycles. The van der Waals surface area contributed by atoms with Crippen molar-refractivity contribution >= 4 is 41.8 Å². The zero-order valence-electron chi connectivity index (χ0n) is 16.2. The smallest absolute Gasteiger partial charge is 0.237 e. The Kier molecular flexibility index (Phi) is 9.46. The van der Waals surface area contributed by atoms with Crippen LogP contribution in [-0.4, -0.2) is 28.0 Å². The predicted octanol–water partition coefficient (Wildman–Crippen LogP) is 3.69. The maximum Gasteiger partial charge on any atom is 0.237 e. The van der Waals surface area contributed by atoms with E-state index in [1.165, 1.54) is 0 Å². The SMILES string of the molecule is CC(C)n1c(CCNC(=O)C(N)Cc2ccccc2)nc2ccccc21.Cl.Cl. The van der Waals surface area contributed by atoms with Crippen LogP contribution < -0.4 is 11.1 Å². The van der Waals surface area contributed by atoms with E-state index >= 15 is 0 Å². The lowest BCUT2D eigenvalue weighted by Gasteiger charge is -2.15. The van der Waals surface area contributed by atoms with Gasteiger partial charge in [0.2, 0.25) is 5.91 Å². The van der Waals surface area contributed by atoms with E-state index in [1.54, 1.807) is 0 Å². The number of nitrogens with two attached hydrogens (primary N) is 1. The van der Waals surface area contributed by atoms with E-state index in [0.717, 1.165) is 22.4 Å². The highest BCUT2D eigenvalue weighted by Gasteiger charge is 2.16. The average molecular weight is 423 g/mol. The zero-order chi connectivity index (χ0) is 18.5. The summed E-state index contributed by atoms with van der Waals surface area (Å²) in [6.45, 7) is 4.81. The summed E-state index contributed by atoms with van der Waals surface area (Å²) in [6.07, 6.45) is 1.22. The maximum absolute atomic E-state index is 12.3. The van der Waals surface area contributed by atoms with Crippen LogP contribution in [0.1, 0.15) is 31.3 Å². The highest BCUT2D eigenvalue weighted by molar-refractivity contribution is 5.85. The number of carbonyl (C=O) groups is 1. The molecule has 5 nitrogen and oxygen atoms in total. The van der Waals surface area contributed by atoms with Crippen molar-refractivity contribution < 1.29 is 4.79 Å². The van der Waals surface area contributed by atoms with Crippen molar-refractivity contribution in [3.63, 3.8) is 0 Å². The number of hydrogen-bond acceptors (Lipinski definition) is 3. The summed E-state index contributed by atoms with van der Waals surface area (Å²) in [6, 6.07) is 17.7. The van der Waals surface area contributed by atoms with Crippen LogP contribution in [0.5, 0.6) is 0 Å². The summed E-state index contributed by atoms with van der Waals surface area (Å²) in [5.74, 6) is 0.860. The first kappa shape index (κ1) is 24.0. The third-order valence-corrected chi connectivity index (χ3v) is 4.47. The fourth-order valence-corrected chi connectivity index (χ4v) is 3.24. The summed E-state index contributed by atoms with van der Waals surface area (Å²) < 4.78 is 2.23. The van der Waals surface area contributed by atoms with Crippen LogP contribution >= 0.6 is 24.8 Å². The van der Waals surface area contributed by atoms with Crippen molar-refractivity contribution in [2.45, 2.75) is 38.8 Å². The number of carbonyl (C=O) groups excluding carboxylic acids is 1. The molecule has 0 spiro atoms. The molecule has 1 amide bonds. The minimum Gasteiger partial charge on any atom is -0.354 e. The van der Waals surface area contributed by atoms with E-state index in [4.69, 9.17) is 10.7 Å². The molecule has 0 saturated carbocycles. The van der Waals surface area contributed by atoms with Gasteiger partial charge in [-0.15, -0.1) is 24.8 Å². The van der Waals surface area contributed by atoms with Gasteiger partial charge in [0.1, 0.15) is 5.82 Å². The predicted molar refractivity (Wildman–Crippen MR) is 119 cm³/mol. The van der Waals surface area contributed by atoms with Gasteiger partial charge in [0.25, 0.3) is 0 Å². The van der Waals surface area contributed by atoms with Gasteiger partial charge in [-0.25, -0.2) is 4.98 Å². The lowest BCUT2D eigenvalue weighted by molar-refractivity contribution is -0.122. The molecule has 1 unspecified atom stereocenters. The highest BCUT2D eigenvalue weighted by atomic mass is 35.5. The van der Waals surface area contributed by atoms with Crippen LogP contribution in [0, 0.1) is 0 Å². The van der Waals surface area contributed by atoms with Crippen LogP contribution in [0.25, 0.3) is 11.0 Å². The fraction of sp³-hybridized carbons (Fsp3) is 0.333. The third kappa shape index (κ3) is 5.71. The zero-order valence-corrected chi connectivity index (χ0v) is 17.8. The number of rotatable bonds is 7. The molecule has 0 saturated heterocycles. The number of fused-ring (bicyclic) bond motifs is 1. The topological polar surface area (TPSA) is 72.9 Å². The molecule has 28 heavy (non-hydrogen) atoms. The first-order valence-corrected chi connectivity index (χ1v) is 9.09. The quantitative estimate of drug-likeness (QED) is 0.609. The van der Waals surface area contributed by atoms with Gasteiger partial charge in [-0.05, 0) is 38.0 Å². The molecule has 3 rings (SSSR count). The van der Waals surface area contributed by atoms with Crippen LogP contribution in [0.2, 0.25) is 0 Å². The highest BCUT2D eigenvalue weighted by Crippen LogP contribution is 2.21. The van der Waals surface area contributed by atoms with E-state index in [0.29, 0.717) is 25.4 Å². The number of hydrogen-bond donors (Lipinski definition) is 2. The summed E-state index contributed by atoms with van der Waals surface area (Å²) in [7, 11) is 0. The molecule has 0 aliphatic carbocycles. The Bertz CT molecular complexity index is 881. The minimum absolute atomic E-state index is 0. The van der Waals surface area contributed by atoms with Crippen molar-refractivity contribution in [2.75, 3.05) is 6.54 Å². The molecule has 1 heterocycles. The Morgan fingerprint density at radius 1 is 1.07 bits per heavy atom. The van der Waals surface area contributed by atoms with Crippen LogP contribution in [0.3, 0.4) is 0 Å². The molecule has 3 aromatic rings. The second kappa shape index (κ2) is 11.1. The van der Waals surface area contributed by atoms with Crippen molar-refractivity contribution in [2.24, 2.45) is 5.73 Å². The molecule has 152 valence electrons. The number of para-hydroxylation sites is 2. The first-order chi connectivity index (χ1) is 12.6. The van der Waals surface area contributed by atoms with Crippen molar-refractivity contribution in [3.05, 3.63) is 66.0 Å². The third-order valence-electron chi connectivity index (χ3n) is 4.47. The summed E-state index contributed by atoms with van der Waals surface area (Å²) in [4.78, 5) is 17.0. The summed E-state index contributed by atoms with van der Waals surface area (Å²) >= 11 is 0. The van der Waals surface area contributed by atoms with Gasteiger partial charge >= 0.3 is 0 Å². The summed E-state index contributed by atoms with van der Waals surface area (Å²) in [5.41, 5.74) is 9.22. The first-order valence-electron chi connectivity index (χ1n) is 9.09. The average Bonchev–Trinajstić information content (AvgIpc) is 3.00. The van der Waals surface area contributed by atoms with Gasteiger partial charge < -0.3 is 15.6 Å². The normalized spacial score (nSPS) is 11.6.